The monoisotopic (exact) mass is 266 g/mol. The van der Waals surface area contributed by atoms with Crippen LogP contribution in [0, 0.1) is 18.8 Å². The number of nitrogens with zero attached hydrogens (tertiary/aromatic N) is 2. The van der Waals surface area contributed by atoms with Gasteiger partial charge in [0.1, 0.15) is 5.82 Å². The van der Waals surface area contributed by atoms with Crippen molar-refractivity contribution in [1.82, 2.24) is 9.97 Å². The highest BCUT2D eigenvalue weighted by Crippen LogP contribution is 2.06. The first kappa shape index (κ1) is 13.8. The van der Waals surface area contributed by atoms with Gasteiger partial charge >= 0.3 is 5.97 Å². The molecule has 0 saturated carbocycles. The molecule has 1 aromatic carbocycles. The molecule has 0 N–H and O–H groups in total. The van der Waals surface area contributed by atoms with Gasteiger partial charge in [-0.1, -0.05) is 17.9 Å². The van der Waals surface area contributed by atoms with Gasteiger partial charge in [-0.3, -0.25) is 0 Å². The lowest BCUT2D eigenvalue weighted by Crippen LogP contribution is -2.04. The third-order valence-corrected chi connectivity index (χ3v) is 2.51. The molecule has 0 saturated heterocycles. The van der Waals surface area contributed by atoms with Crippen molar-refractivity contribution < 1.29 is 9.53 Å². The highest BCUT2D eigenvalue weighted by molar-refractivity contribution is 5.89. The third kappa shape index (κ3) is 3.66. The highest BCUT2D eigenvalue weighted by atomic mass is 16.5. The van der Waals surface area contributed by atoms with Crippen molar-refractivity contribution >= 4 is 5.97 Å². The molecule has 0 fully saturated rings. The van der Waals surface area contributed by atoms with Crippen LogP contribution in [0.15, 0.2) is 36.7 Å². The summed E-state index contributed by atoms with van der Waals surface area (Å²) >= 11 is 0. The Morgan fingerprint density at radius 2 is 1.90 bits per heavy atom. The lowest BCUT2D eigenvalue weighted by Gasteiger charge is -2.01. The molecule has 100 valence electrons. The molecule has 0 radical (unpaired) electrons. The summed E-state index contributed by atoms with van der Waals surface area (Å²) in [5.41, 5.74) is 1.98. The van der Waals surface area contributed by atoms with Gasteiger partial charge in [0, 0.05) is 18.0 Å². The van der Waals surface area contributed by atoms with Gasteiger partial charge < -0.3 is 4.74 Å². The van der Waals surface area contributed by atoms with Crippen LogP contribution in [0.2, 0.25) is 0 Å². The second-order valence-electron chi connectivity index (χ2n) is 4.07. The van der Waals surface area contributed by atoms with Gasteiger partial charge in [-0.05, 0) is 32.0 Å². The largest absolute Gasteiger partial charge is 0.462 e. The van der Waals surface area contributed by atoms with E-state index in [2.05, 4.69) is 21.8 Å². The fourth-order valence-corrected chi connectivity index (χ4v) is 1.54. The van der Waals surface area contributed by atoms with Crippen LogP contribution in [0.3, 0.4) is 0 Å². The third-order valence-electron chi connectivity index (χ3n) is 2.51. The van der Waals surface area contributed by atoms with E-state index in [1.165, 1.54) is 0 Å². The van der Waals surface area contributed by atoms with E-state index < -0.39 is 0 Å². The minimum absolute atomic E-state index is 0.338. The Kier molecular flexibility index (Phi) is 4.46. The Morgan fingerprint density at radius 3 is 2.60 bits per heavy atom. The van der Waals surface area contributed by atoms with Crippen molar-refractivity contribution in [3.8, 4) is 11.8 Å². The second kappa shape index (κ2) is 6.48. The number of carbonyl (C=O) groups excluding carboxylic acids is 1. The molecule has 4 heteroatoms. The zero-order valence-corrected chi connectivity index (χ0v) is 11.4. The number of hydrogen-bond donors (Lipinski definition) is 0. The van der Waals surface area contributed by atoms with Gasteiger partial charge in [0.15, 0.2) is 0 Å². The van der Waals surface area contributed by atoms with Crippen LogP contribution < -0.4 is 0 Å². The predicted octanol–water partition coefficient (Wildman–Crippen LogP) is 2.36. The first-order valence-electron chi connectivity index (χ1n) is 6.27. The minimum Gasteiger partial charge on any atom is -0.462 e. The Bertz CT molecular complexity index is 667. The van der Waals surface area contributed by atoms with Gasteiger partial charge in [-0.2, -0.15) is 0 Å². The van der Waals surface area contributed by atoms with Crippen molar-refractivity contribution in [2.45, 2.75) is 13.8 Å². The summed E-state index contributed by atoms with van der Waals surface area (Å²) in [4.78, 5) is 19.8. The molecule has 0 aliphatic heterocycles. The summed E-state index contributed by atoms with van der Waals surface area (Å²) in [6.07, 6.45) is 3.34. The normalized spacial score (nSPS) is 9.50. The summed E-state index contributed by atoms with van der Waals surface area (Å²) in [6.45, 7) is 3.95. The van der Waals surface area contributed by atoms with Crippen LogP contribution in [0.4, 0.5) is 0 Å². The number of aryl methyl sites for hydroxylation is 1. The van der Waals surface area contributed by atoms with Gasteiger partial charge in [0.2, 0.25) is 0 Å². The number of hydrogen-bond acceptors (Lipinski definition) is 4. The van der Waals surface area contributed by atoms with Crippen molar-refractivity contribution in [1.29, 1.82) is 0 Å². The van der Waals surface area contributed by atoms with Crippen molar-refractivity contribution in [3.05, 3.63) is 59.2 Å². The van der Waals surface area contributed by atoms with Crippen LogP contribution in [0.1, 0.15) is 34.2 Å². The smallest absolute Gasteiger partial charge is 0.338 e. The zero-order valence-electron chi connectivity index (χ0n) is 11.4. The Balaban J connectivity index is 2.20. The van der Waals surface area contributed by atoms with E-state index in [-0.39, 0.29) is 5.97 Å². The van der Waals surface area contributed by atoms with Crippen LogP contribution in [0.5, 0.6) is 0 Å². The number of benzene rings is 1. The molecule has 2 rings (SSSR count). The fraction of sp³-hybridized carbons (Fsp3) is 0.188. The molecule has 0 spiro atoms. The second-order valence-corrected chi connectivity index (χ2v) is 4.07. The molecule has 1 aromatic heterocycles. The van der Waals surface area contributed by atoms with E-state index in [1.54, 1.807) is 37.5 Å². The molecule has 20 heavy (non-hydrogen) atoms. The quantitative estimate of drug-likeness (QED) is 0.618. The lowest BCUT2D eigenvalue weighted by atomic mass is 10.1. The first-order chi connectivity index (χ1) is 9.69. The van der Waals surface area contributed by atoms with Crippen LogP contribution >= 0.6 is 0 Å². The van der Waals surface area contributed by atoms with Gasteiger partial charge in [0.05, 0.1) is 17.7 Å². The number of esters is 1. The topological polar surface area (TPSA) is 52.1 Å². The first-order valence-corrected chi connectivity index (χ1v) is 6.27. The van der Waals surface area contributed by atoms with Crippen LogP contribution in [-0.4, -0.2) is 22.5 Å². The molecule has 4 nitrogen and oxygen atoms in total. The van der Waals surface area contributed by atoms with E-state index in [1.807, 2.05) is 13.0 Å². The Labute approximate surface area is 117 Å². The lowest BCUT2D eigenvalue weighted by molar-refractivity contribution is 0.0526. The maximum atomic E-state index is 11.6. The summed E-state index contributed by atoms with van der Waals surface area (Å²) < 4.78 is 4.95. The molecule has 0 atom stereocenters. The number of aromatic nitrogens is 2. The molecule has 0 bridgehead atoms. The van der Waals surface area contributed by atoms with Crippen molar-refractivity contribution in [2.75, 3.05) is 6.61 Å². The van der Waals surface area contributed by atoms with E-state index in [4.69, 9.17) is 4.74 Å². The van der Waals surface area contributed by atoms with E-state index >= 15 is 0 Å². The van der Waals surface area contributed by atoms with Crippen LogP contribution in [0.25, 0.3) is 0 Å². The summed E-state index contributed by atoms with van der Waals surface area (Å²) in [5.74, 6) is 6.31. The van der Waals surface area contributed by atoms with E-state index in [9.17, 15) is 4.79 Å². The fourth-order valence-electron chi connectivity index (χ4n) is 1.54. The summed E-state index contributed by atoms with van der Waals surface area (Å²) in [5, 5.41) is 0. The maximum absolute atomic E-state index is 11.6. The van der Waals surface area contributed by atoms with Crippen LogP contribution in [-0.2, 0) is 4.74 Å². The molecule has 1 heterocycles. The van der Waals surface area contributed by atoms with Gasteiger partial charge in [-0.25, -0.2) is 14.8 Å². The molecule has 0 aliphatic carbocycles. The van der Waals surface area contributed by atoms with Crippen molar-refractivity contribution in [3.63, 3.8) is 0 Å². The Hall–Kier alpha value is -2.67. The maximum Gasteiger partial charge on any atom is 0.338 e. The van der Waals surface area contributed by atoms with E-state index in [0.29, 0.717) is 18.0 Å². The van der Waals surface area contributed by atoms with Crippen molar-refractivity contribution in [2.24, 2.45) is 0 Å². The highest BCUT2D eigenvalue weighted by Gasteiger charge is 2.05. The molecule has 2 aromatic rings. The minimum atomic E-state index is -0.338. The number of ether oxygens (including phenoxy) is 1. The molecular formula is C16H14N2O2. The summed E-state index contributed by atoms with van der Waals surface area (Å²) in [6, 6.07) is 7.03. The standard InChI is InChI=1S/C16H14N2O2/c1-3-20-16(19)15-6-4-5-13(9-15)7-8-14-10-17-12(2)18-11-14/h4-6,9-11H,3H2,1-2H3. The predicted molar refractivity (Wildman–Crippen MR) is 75.1 cm³/mol. The summed E-state index contributed by atoms with van der Waals surface area (Å²) in [7, 11) is 0. The molecule has 0 amide bonds. The Morgan fingerprint density at radius 1 is 1.20 bits per heavy atom. The van der Waals surface area contributed by atoms with Gasteiger partial charge in [0.25, 0.3) is 0 Å². The number of carbonyl (C=O) groups is 1. The average Bonchev–Trinajstić information content (AvgIpc) is 2.47. The zero-order chi connectivity index (χ0) is 14.4. The molecular weight excluding hydrogens is 252 g/mol. The molecule has 0 unspecified atom stereocenters. The average molecular weight is 266 g/mol. The SMILES string of the molecule is CCOC(=O)c1cccc(C#Cc2cnc(C)nc2)c1. The molecule has 0 aliphatic rings. The van der Waals surface area contributed by atoms with E-state index in [0.717, 1.165) is 11.1 Å². The van der Waals surface area contributed by atoms with Gasteiger partial charge in [-0.15, -0.1) is 0 Å². The number of rotatable bonds is 2.